The number of thiophene rings is 1. The van der Waals surface area contributed by atoms with Crippen LogP contribution in [0.25, 0.3) is 0 Å². The first-order valence-corrected chi connectivity index (χ1v) is 7.42. The first-order valence-electron chi connectivity index (χ1n) is 6.61. The highest BCUT2D eigenvalue weighted by Crippen LogP contribution is 2.31. The summed E-state index contributed by atoms with van der Waals surface area (Å²) < 4.78 is 5.34. The molecule has 0 aliphatic carbocycles. The van der Waals surface area contributed by atoms with Gasteiger partial charge in [-0.3, -0.25) is 0 Å². The van der Waals surface area contributed by atoms with Crippen molar-refractivity contribution in [1.29, 1.82) is 5.26 Å². The fourth-order valence-electron chi connectivity index (χ4n) is 2.00. The maximum absolute atomic E-state index is 8.91. The number of anilines is 1. The molecular formula is C16H18N2OS. The smallest absolute Gasteiger partial charge is 0.143 e. The number of aryl methyl sites for hydroxylation is 1. The van der Waals surface area contributed by atoms with Gasteiger partial charge in [0.05, 0.1) is 30.5 Å². The number of rotatable bonds is 5. The van der Waals surface area contributed by atoms with Gasteiger partial charge in [-0.2, -0.15) is 5.26 Å². The van der Waals surface area contributed by atoms with Crippen molar-refractivity contribution in [3.05, 3.63) is 45.6 Å². The zero-order valence-corrected chi connectivity index (χ0v) is 12.8. The number of hydrogen-bond acceptors (Lipinski definition) is 4. The Morgan fingerprint density at radius 2 is 2.15 bits per heavy atom. The maximum Gasteiger partial charge on any atom is 0.143 e. The van der Waals surface area contributed by atoms with E-state index >= 15 is 0 Å². The average Bonchev–Trinajstić information content (AvgIpc) is 2.96. The number of nitrogens with zero attached hydrogens (tertiary/aromatic N) is 1. The van der Waals surface area contributed by atoms with E-state index in [0.29, 0.717) is 11.3 Å². The van der Waals surface area contributed by atoms with Gasteiger partial charge in [-0.1, -0.05) is 6.92 Å². The Morgan fingerprint density at radius 3 is 2.75 bits per heavy atom. The fourth-order valence-corrected chi connectivity index (χ4v) is 2.96. The van der Waals surface area contributed by atoms with E-state index in [-0.39, 0.29) is 6.04 Å². The lowest BCUT2D eigenvalue weighted by Gasteiger charge is -2.16. The van der Waals surface area contributed by atoms with Gasteiger partial charge in [0, 0.05) is 15.8 Å². The van der Waals surface area contributed by atoms with Crippen LogP contribution in [-0.2, 0) is 6.42 Å². The Kier molecular flexibility index (Phi) is 4.65. The van der Waals surface area contributed by atoms with Crippen molar-refractivity contribution in [1.82, 2.24) is 0 Å². The summed E-state index contributed by atoms with van der Waals surface area (Å²) in [5.74, 6) is 0.697. The molecule has 2 aromatic rings. The molecule has 20 heavy (non-hydrogen) atoms. The summed E-state index contributed by atoms with van der Waals surface area (Å²) >= 11 is 1.83. The molecule has 1 unspecified atom stereocenters. The highest BCUT2D eigenvalue weighted by Gasteiger charge is 2.11. The summed E-state index contributed by atoms with van der Waals surface area (Å²) in [6, 6.07) is 12.1. The van der Waals surface area contributed by atoms with Gasteiger partial charge in [-0.25, -0.2) is 0 Å². The summed E-state index contributed by atoms with van der Waals surface area (Å²) in [5, 5.41) is 12.4. The number of hydrogen-bond donors (Lipinski definition) is 1. The highest BCUT2D eigenvalue weighted by molar-refractivity contribution is 7.12. The molecule has 0 saturated heterocycles. The quantitative estimate of drug-likeness (QED) is 0.888. The second-order valence-corrected chi connectivity index (χ2v) is 5.75. The predicted octanol–water partition coefficient (Wildman–Crippen LogP) is 4.36. The van der Waals surface area contributed by atoms with Gasteiger partial charge in [0.1, 0.15) is 5.75 Å². The zero-order valence-electron chi connectivity index (χ0n) is 11.9. The molecule has 2 rings (SSSR count). The molecule has 0 aliphatic heterocycles. The van der Waals surface area contributed by atoms with E-state index in [1.165, 1.54) is 9.75 Å². The molecule has 1 aromatic carbocycles. The molecule has 0 aliphatic rings. The number of methoxy groups -OCH3 is 1. The summed E-state index contributed by atoms with van der Waals surface area (Å²) in [6.45, 7) is 4.29. The van der Waals surface area contributed by atoms with E-state index in [0.717, 1.165) is 12.1 Å². The minimum absolute atomic E-state index is 0.210. The van der Waals surface area contributed by atoms with Crippen LogP contribution in [0.1, 0.15) is 35.2 Å². The molecule has 104 valence electrons. The third-order valence-electron chi connectivity index (χ3n) is 3.16. The lowest BCUT2D eigenvalue weighted by molar-refractivity contribution is 0.416. The molecule has 1 atom stereocenters. The second-order valence-electron chi connectivity index (χ2n) is 4.55. The van der Waals surface area contributed by atoms with Crippen molar-refractivity contribution in [3.8, 4) is 11.8 Å². The third kappa shape index (κ3) is 3.12. The van der Waals surface area contributed by atoms with Crippen LogP contribution in [0.3, 0.4) is 0 Å². The number of ether oxygens (including phenoxy) is 1. The molecule has 3 nitrogen and oxygen atoms in total. The Morgan fingerprint density at radius 1 is 1.35 bits per heavy atom. The van der Waals surface area contributed by atoms with Crippen LogP contribution in [0, 0.1) is 11.3 Å². The Balaban J connectivity index is 2.19. The van der Waals surface area contributed by atoms with Crippen LogP contribution in [0.4, 0.5) is 5.69 Å². The topological polar surface area (TPSA) is 45.0 Å². The van der Waals surface area contributed by atoms with Gasteiger partial charge in [0.25, 0.3) is 0 Å². The Labute approximate surface area is 123 Å². The number of benzene rings is 1. The minimum Gasteiger partial charge on any atom is -0.495 e. The lowest BCUT2D eigenvalue weighted by Crippen LogP contribution is -2.06. The standard InChI is InChI=1S/C16H18N2OS/c1-4-13-6-8-16(20-13)11(2)18-14-7-5-12(10-17)9-15(14)19-3/h5-9,11,18H,4H2,1-3H3. The second kappa shape index (κ2) is 6.44. The lowest BCUT2D eigenvalue weighted by atomic mass is 10.2. The normalized spacial score (nSPS) is 11.7. The monoisotopic (exact) mass is 286 g/mol. The van der Waals surface area contributed by atoms with Gasteiger partial charge in [-0.05, 0) is 37.6 Å². The highest BCUT2D eigenvalue weighted by atomic mass is 32.1. The first kappa shape index (κ1) is 14.4. The van der Waals surface area contributed by atoms with Crippen LogP contribution < -0.4 is 10.1 Å². The Hall–Kier alpha value is -1.99. The van der Waals surface area contributed by atoms with E-state index in [4.69, 9.17) is 10.00 Å². The van der Waals surface area contributed by atoms with E-state index in [1.54, 1.807) is 19.2 Å². The van der Waals surface area contributed by atoms with Crippen molar-refractivity contribution in [2.45, 2.75) is 26.3 Å². The van der Waals surface area contributed by atoms with Crippen molar-refractivity contribution in [3.63, 3.8) is 0 Å². The largest absolute Gasteiger partial charge is 0.495 e. The van der Waals surface area contributed by atoms with Gasteiger partial charge in [0.15, 0.2) is 0 Å². The SMILES string of the molecule is CCc1ccc(C(C)Nc2ccc(C#N)cc2OC)s1. The van der Waals surface area contributed by atoms with E-state index in [2.05, 4.69) is 37.4 Å². The van der Waals surface area contributed by atoms with Crippen LogP contribution >= 0.6 is 11.3 Å². The number of nitrogens with one attached hydrogen (secondary N) is 1. The predicted molar refractivity (Wildman–Crippen MR) is 83.4 cm³/mol. The molecule has 0 fully saturated rings. The van der Waals surface area contributed by atoms with Crippen LogP contribution in [0.15, 0.2) is 30.3 Å². The summed E-state index contributed by atoms with van der Waals surface area (Å²) in [4.78, 5) is 2.69. The minimum atomic E-state index is 0.210. The summed E-state index contributed by atoms with van der Waals surface area (Å²) in [6.07, 6.45) is 1.07. The average molecular weight is 286 g/mol. The van der Waals surface area contributed by atoms with Crippen molar-refractivity contribution in [2.24, 2.45) is 0 Å². The van der Waals surface area contributed by atoms with E-state index in [1.807, 2.05) is 17.4 Å². The van der Waals surface area contributed by atoms with Gasteiger partial charge in [-0.15, -0.1) is 11.3 Å². The molecule has 4 heteroatoms. The summed E-state index contributed by atoms with van der Waals surface area (Å²) in [7, 11) is 1.62. The maximum atomic E-state index is 8.91. The van der Waals surface area contributed by atoms with Crippen molar-refractivity contribution in [2.75, 3.05) is 12.4 Å². The van der Waals surface area contributed by atoms with Crippen molar-refractivity contribution >= 4 is 17.0 Å². The fraction of sp³-hybridized carbons (Fsp3) is 0.312. The Bertz CT molecular complexity index is 628. The molecule has 0 bridgehead atoms. The molecule has 0 amide bonds. The van der Waals surface area contributed by atoms with Gasteiger partial charge in [0.2, 0.25) is 0 Å². The van der Waals surface area contributed by atoms with Crippen LogP contribution in [-0.4, -0.2) is 7.11 Å². The zero-order chi connectivity index (χ0) is 14.5. The third-order valence-corrected chi connectivity index (χ3v) is 4.57. The number of nitriles is 1. The molecule has 0 spiro atoms. The first-order chi connectivity index (χ1) is 9.67. The molecular weight excluding hydrogens is 268 g/mol. The van der Waals surface area contributed by atoms with E-state index < -0.39 is 0 Å². The molecule has 0 saturated carbocycles. The molecule has 1 N–H and O–H groups in total. The van der Waals surface area contributed by atoms with Crippen molar-refractivity contribution < 1.29 is 4.74 Å². The summed E-state index contributed by atoms with van der Waals surface area (Å²) in [5.41, 5.74) is 1.51. The molecule has 1 heterocycles. The molecule has 0 radical (unpaired) electrons. The van der Waals surface area contributed by atoms with E-state index in [9.17, 15) is 0 Å². The molecule has 1 aromatic heterocycles. The van der Waals surface area contributed by atoms with Gasteiger partial charge >= 0.3 is 0 Å². The van der Waals surface area contributed by atoms with Crippen LogP contribution in [0.5, 0.6) is 5.75 Å². The van der Waals surface area contributed by atoms with Gasteiger partial charge < -0.3 is 10.1 Å². The van der Waals surface area contributed by atoms with Crippen LogP contribution in [0.2, 0.25) is 0 Å².